The van der Waals surface area contributed by atoms with Gasteiger partial charge in [-0.15, -0.1) is 5.10 Å². The highest BCUT2D eigenvalue weighted by Crippen LogP contribution is 2.08. The Hall–Kier alpha value is -2.36. The van der Waals surface area contributed by atoms with Gasteiger partial charge in [0.2, 0.25) is 5.95 Å². The summed E-state index contributed by atoms with van der Waals surface area (Å²) in [5.74, 6) is 0.247. The number of hydrogen-bond donors (Lipinski definition) is 3. The van der Waals surface area contributed by atoms with Crippen molar-refractivity contribution in [1.29, 1.82) is 0 Å². The predicted molar refractivity (Wildman–Crippen MR) is 87.1 cm³/mol. The molecular formula is C14H26N6O4. The lowest BCUT2D eigenvalue weighted by molar-refractivity contribution is -0.0557. The number of aryl methyl sites for hydroxylation is 1. The van der Waals surface area contributed by atoms with Gasteiger partial charge in [0.25, 0.3) is 0 Å². The second-order valence-corrected chi connectivity index (χ2v) is 6.58. The summed E-state index contributed by atoms with van der Waals surface area (Å²) < 4.78 is 6.55. The Morgan fingerprint density at radius 2 is 2.00 bits per heavy atom. The third-order valence-corrected chi connectivity index (χ3v) is 2.72. The van der Waals surface area contributed by atoms with Crippen LogP contribution in [0.2, 0.25) is 0 Å². The van der Waals surface area contributed by atoms with E-state index in [1.54, 1.807) is 27.8 Å². The molecule has 0 bridgehead atoms. The molecule has 10 nitrogen and oxygen atoms in total. The Balaban J connectivity index is 2.40. The first-order valence-corrected chi connectivity index (χ1v) is 7.62. The monoisotopic (exact) mass is 342 g/mol. The summed E-state index contributed by atoms with van der Waals surface area (Å²) >= 11 is 0. The van der Waals surface area contributed by atoms with Gasteiger partial charge in [0.15, 0.2) is 0 Å². The Bertz CT molecular complexity index is 552. The number of rotatable bonds is 6. The van der Waals surface area contributed by atoms with Crippen molar-refractivity contribution in [3.8, 4) is 0 Å². The first kappa shape index (κ1) is 19.7. The summed E-state index contributed by atoms with van der Waals surface area (Å²) in [5.41, 5.74) is 1.62. The molecule has 1 atom stereocenters. The maximum atomic E-state index is 11.8. The molecule has 10 heteroatoms. The van der Waals surface area contributed by atoms with Crippen LogP contribution in [0.4, 0.5) is 15.5 Å². The zero-order valence-electron chi connectivity index (χ0n) is 14.9. The van der Waals surface area contributed by atoms with E-state index in [-0.39, 0.29) is 18.4 Å². The van der Waals surface area contributed by atoms with Crippen molar-refractivity contribution in [3.05, 3.63) is 6.33 Å². The molecule has 0 spiro atoms. The number of hydroxylamine groups is 1. The van der Waals surface area contributed by atoms with E-state index in [1.807, 2.05) is 13.8 Å². The van der Waals surface area contributed by atoms with E-state index in [1.165, 1.54) is 11.0 Å². The molecule has 0 aliphatic rings. The molecule has 1 aromatic rings. The number of amides is 3. The topological polar surface area (TPSA) is 119 Å². The van der Waals surface area contributed by atoms with Crippen LogP contribution in [0.3, 0.4) is 0 Å². The summed E-state index contributed by atoms with van der Waals surface area (Å²) in [4.78, 5) is 32.6. The quantitative estimate of drug-likeness (QED) is 0.673. The molecule has 1 unspecified atom stereocenters. The molecular weight excluding hydrogens is 316 g/mol. The van der Waals surface area contributed by atoms with Crippen LogP contribution in [-0.4, -0.2) is 45.1 Å². The molecule has 0 fully saturated rings. The molecule has 0 aromatic carbocycles. The number of carbonyl (C=O) groups excluding carboxylic acids is 2. The highest BCUT2D eigenvalue weighted by Gasteiger charge is 2.20. The van der Waals surface area contributed by atoms with Gasteiger partial charge in [-0.3, -0.25) is 14.8 Å². The number of hydrogen-bond acceptors (Lipinski definition) is 6. The Kier molecular flexibility index (Phi) is 6.96. The zero-order valence-corrected chi connectivity index (χ0v) is 14.9. The number of urea groups is 1. The average Bonchev–Trinajstić information content (AvgIpc) is 2.81. The average molecular weight is 342 g/mol. The van der Waals surface area contributed by atoms with E-state index < -0.39 is 23.8 Å². The molecule has 0 saturated heterocycles. The molecule has 1 aromatic heterocycles. The minimum atomic E-state index is -0.685. The van der Waals surface area contributed by atoms with Gasteiger partial charge in [0.1, 0.15) is 18.0 Å². The number of ether oxygens (including phenoxy) is 1. The molecule has 0 aliphatic carbocycles. The molecule has 136 valence electrons. The fourth-order valence-electron chi connectivity index (χ4n) is 1.57. The van der Waals surface area contributed by atoms with Crippen LogP contribution < -0.4 is 16.1 Å². The molecule has 24 heavy (non-hydrogen) atoms. The van der Waals surface area contributed by atoms with Crippen LogP contribution in [-0.2, 0) is 16.6 Å². The van der Waals surface area contributed by atoms with E-state index in [9.17, 15) is 9.59 Å². The largest absolute Gasteiger partial charge is 0.442 e. The van der Waals surface area contributed by atoms with Crippen molar-refractivity contribution < 1.29 is 19.2 Å². The van der Waals surface area contributed by atoms with Crippen molar-refractivity contribution in [2.75, 3.05) is 11.9 Å². The molecule has 0 saturated carbocycles. The third kappa shape index (κ3) is 7.77. The van der Waals surface area contributed by atoms with Crippen molar-refractivity contribution in [1.82, 2.24) is 25.6 Å². The molecule has 1 heterocycles. The second-order valence-electron chi connectivity index (χ2n) is 6.58. The lowest BCUT2D eigenvalue weighted by Gasteiger charge is -2.23. The van der Waals surface area contributed by atoms with Gasteiger partial charge in [-0.1, -0.05) is 13.8 Å². The number of nitrogens with zero attached hydrogens (tertiary/aromatic N) is 3. The molecule has 3 N–H and O–H groups in total. The van der Waals surface area contributed by atoms with Gasteiger partial charge in [-0.25, -0.2) is 14.6 Å². The molecule has 1 rings (SSSR count). The third-order valence-electron chi connectivity index (χ3n) is 2.72. The second kappa shape index (κ2) is 8.48. The first-order valence-electron chi connectivity index (χ1n) is 7.62. The number of aromatic nitrogens is 3. The fourth-order valence-corrected chi connectivity index (χ4v) is 1.57. The van der Waals surface area contributed by atoms with Crippen LogP contribution >= 0.6 is 0 Å². The summed E-state index contributed by atoms with van der Waals surface area (Å²) in [6.45, 7) is 9.26. The van der Waals surface area contributed by atoms with Gasteiger partial charge in [-0.05, 0) is 26.7 Å². The molecule has 0 radical (unpaired) electrons. The van der Waals surface area contributed by atoms with Crippen molar-refractivity contribution >= 4 is 18.1 Å². The van der Waals surface area contributed by atoms with Crippen molar-refractivity contribution in [2.24, 2.45) is 13.0 Å². The van der Waals surface area contributed by atoms with Crippen LogP contribution in [0.15, 0.2) is 6.33 Å². The minimum absolute atomic E-state index is 0.0493. The van der Waals surface area contributed by atoms with Gasteiger partial charge in [0, 0.05) is 13.6 Å². The van der Waals surface area contributed by atoms with Gasteiger partial charge >= 0.3 is 12.1 Å². The highest BCUT2D eigenvalue weighted by molar-refractivity contribution is 5.87. The van der Waals surface area contributed by atoms with E-state index in [2.05, 4.69) is 26.2 Å². The summed E-state index contributed by atoms with van der Waals surface area (Å²) in [6.07, 6.45) is 0.357. The fraction of sp³-hybridized carbons (Fsp3) is 0.714. The van der Waals surface area contributed by atoms with Crippen LogP contribution in [0.1, 0.15) is 34.6 Å². The zero-order chi connectivity index (χ0) is 18.3. The minimum Gasteiger partial charge on any atom is -0.442 e. The van der Waals surface area contributed by atoms with Crippen molar-refractivity contribution in [3.63, 3.8) is 0 Å². The normalized spacial score (nSPS) is 12.6. The van der Waals surface area contributed by atoms with Gasteiger partial charge < -0.3 is 10.1 Å². The summed E-state index contributed by atoms with van der Waals surface area (Å²) in [7, 11) is 1.70. The SMILES string of the molecule is CC(C)C(CNC(=O)Nc1ncn(C)n1)ONC(=O)OC(C)(C)C. The number of carbonyl (C=O) groups is 2. The maximum absolute atomic E-state index is 11.8. The lowest BCUT2D eigenvalue weighted by atomic mass is 10.1. The predicted octanol–water partition coefficient (Wildman–Crippen LogP) is 1.42. The molecule has 3 amide bonds. The lowest BCUT2D eigenvalue weighted by Crippen LogP contribution is -2.43. The van der Waals surface area contributed by atoms with Gasteiger partial charge in [0.05, 0.1) is 0 Å². The number of nitrogens with one attached hydrogen (secondary N) is 3. The van der Waals surface area contributed by atoms with Gasteiger partial charge in [-0.2, -0.15) is 5.48 Å². The van der Waals surface area contributed by atoms with Crippen LogP contribution in [0.5, 0.6) is 0 Å². The van der Waals surface area contributed by atoms with E-state index in [0.717, 1.165) is 0 Å². The highest BCUT2D eigenvalue weighted by atomic mass is 16.7. The van der Waals surface area contributed by atoms with E-state index in [0.29, 0.717) is 0 Å². The van der Waals surface area contributed by atoms with Crippen LogP contribution in [0.25, 0.3) is 0 Å². The Morgan fingerprint density at radius 1 is 1.33 bits per heavy atom. The van der Waals surface area contributed by atoms with E-state index in [4.69, 9.17) is 9.57 Å². The first-order chi connectivity index (χ1) is 11.1. The smallest absolute Gasteiger partial charge is 0.431 e. The Labute approximate surface area is 141 Å². The summed E-state index contributed by atoms with van der Waals surface area (Å²) in [6, 6.07) is -0.465. The Morgan fingerprint density at radius 3 is 2.50 bits per heavy atom. The van der Waals surface area contributed by atoms with E-state index >= 15 is 0 Å². The number of anilines is 1. The maximum Gasteiger partial charge on any atom is 0.431 e. The van der Waals surface area contributed by atoms with Crippen molar-refractivity contribution in [2.45, 2.75) is 46.3 Å². The summed E-state index contributed by atoms with van der Waals surface area (Å²) in [5, 5.41) is 9.06. The standard InChI is InChI=1S/C14H26N6O4/c1-9(2)10(24-19-13(22)23-14(3,4)5)7-15-12(21)17-11-16-8-20(6)18-11/h8-10H,7H2,1-6H3,(H,19,22)(H2,15,17,18,21). The molecule has 0 aliphatic heterocycles. The van der Waals surface area contributed by atoms with Crippen LogP contribution in [0, 0.1) is 5.92 Å².